The Bertz CT molecular complexity index is 504. The lowest BCUT2D eigenvalue weighted by Crippen LogP contribution is -2.49. The molecular formula is C14H21IN4O2. The quantitative estimate of drug-likeness (QED) is 0.768. The molecule has 1 aromatic heterocycles. The highest BCUT2D eigenvalue weighted by Crippen LogP contribution is 2.22. The Kier molecular flexibility index (Phi) is 5.23. The minimum Gasteiger partial charge on any atom is -0.444 e. The molecule has 2 rings (SSSR count). The summed E-state index contributed by atoms with van der Waals surface area (Å²) in [6.45, 7) is 7.28. The lowest BCUT2D eigenvalue weighted by Gasteiger charge is -2.34. The zero-order chi connectivity index (χ0) is 15.5. The molecule has 1 atom stereocenters. The van der Waals surface area contributed by atoms with Gasteiger partial charge in [-0.25, -0.2) is 14.8 Å². The first kappa shape index (κ1) is 16.3. The lowest BCUT2D eigenvalue weighted by molar-refractivity contribution is 0.0500. The summed E-state index contributed by atoms with van der Waals surface area (Å²) < 4.78 is 6.33. The fourth-order valence-corrected chi connectivity index (χ4v) is 2.94. The first-order valence-corrected chi connectivity index (χ1v) is 8.13. The molecule has 1 fully saturated rings. The van der Waals surface area contributed by atoms with Crippen LogP contribution >= 0.6 is 22.6 Å². The molecule has 0 aliphatic carbocycles. The van der Waals surface area contributed by atoms with E-state index in [1.54, 1.807) is 12.5 Å². The monoisotopic (exact) mass is 404 g/mol. The lowest BCUT2D eigenvalue weighted by atomic mass is 10.1. The van der Waals surface area contributed by atoms with Crippen LogP contribution in [0.5, 0.6) is 0 Å². The molecule has 21 heavy (non-hydrogen) atoms. The number of hydrogen-bond donors (Lipinski definition) is 1. The van der Waals surface area contributed by atoms with E-state index in [1.165, 1.54) is 0 Å². The number of ether oxygens (including phenoxy) is 1. The van der Waals surface area contributed by atoms with Crippen molar-refractivity contribution >= 4 is 34.5 Å². The van der Waals surface area contributed by atoms with E-state index in [0.29, 0.717) is 0 Å². The Morgan fingerprint density at radius 3 is 2.95 bits per heavy atom. The van der Waals surface area contributed by atoms with Gasteiger partial charge in [-0.1, -0.05) is 0 Å². The molecule has 1 N–H and O–H groups in total. The van der Waals surface area contributed by atoms with Gasteiger partial charge >= 0.3 is 6.09 Å². The van der Waals surface area contributed by atoms with Crippen LogP contribution in [0.4, 0.5) is 10.6 Å². The van der Waals surface area contributed by atoms with Gasteiger partial charge in [0.05, 0.1) is 3.57 Å². The van der Waals surface area contributed by atoms with Gasteiger partial charge < -0.3 is 15.0 Å². The average molecular weight is 404 g/mol. The number of rotatable bonds is 2. The van der Waals surface area contributed by atoms with Gasteiger partial charge in [0.1, 0.15) is 17.7 Å². The Hall–Kier alpha value is -1.12. The van der Waals surface area contributed by atoms with Crippen LogP contribution < -0.4 is 10.2 Å². The minimum atomic E-state index is -0.472. The van der Waals surface area contributed by atoms with Crippen molar-refractivity contribution in [3.05, 3.63) is 16.1 Å². The molecule has 6 nitrogen and oxygen atoms in total. The number of nitrogens with one attached hydrogen (secondary N) is 1. The number of piperidine rings is 1. The predicted molar refractivity (Wildman–Crippen MR) is 89.4 cm³/mol. The van der Waals surface area contributed by atoms with E-state index in [2.05, 4.69) is 42.8 Å². The summed E-state index contributed by atoms with van der Waals surface area (Å²) in [7, 11) is 0. The van der Waals surface area contributed by atoms with Crippen molar-refractivity contribution in [2.24, 2.45) is 0 Å². The van der Waals surface area contributed by atoms with E-state index in [1.807, 2.05) is 20.8 Å². The third kappa shape index (κ3) is 4.98. The molecule has 1 aliphatic rings. The van der Waals surface area contributed by atoms with Gasteiger partial charge in [0.2, 0.25) is 0 Å². The van der Waals surface area contributed by atoms with Gasteiger partial charge in [-0.2, -0.15) is 0 Å². The highest BCUT2D eigenvalue weighted by Gasteiger charge is 2.25. The number of nitrogens with zero attached hydrogens (tertiary/aromatic N) is 3. The first-order valence-electron chi connectivity index (χ1n) is 7.05. The third-order valence-corrected chi connectivity index (χ3v) is 3.85. The van der Waals surface area contributed by atoms with Crippen molar-refractivity contribution in [2.75, 3.05) is 18.0 Å². The van der Waals surface area contributed by atoms with Crippen LogP contribution in [-0.2, 0) is 4.74 Å². The van der Waals surface area contributed by atoms with Crippen molar-refractivity contribution in [1.29, 1.82) is 0 Å². The Morgan fingerprint density at radius 1 is 1.52 bits per heavy atom. The summed E-state index contributed by atoms with van der Waals surface area (Å²) in [6.07, 6.45) is 4.97. The number of carbonyl (C=O) groups is 1. The van der Waals surface area contributed by atoms with Crippen LogP contribution in [0.2, 0.25) is 0 Å². The maximum Gasteiger partial charge on any atom is 0.407 e. The number of amides is 1. The molecule has 1 saturated heterocycles. The molecule has 116 valence electrons. The topological polar surface area (TPSA) is 67.3 Å². The summed E-state index contributed by atoms with van der Waals surface area (Å²) >= 11 is 2.23. The molecule has 1 aromatic rings. The molecule has 0 radical (unpaired) electrons. The minimum absolute atomic E-state index is 0.0827. The zero-order valence-corrected chi connectivity index (χ0v) is 14.8. The second-order valence-electron chi connectivity index (χ2n) is 6.13. The molecule has 1 amide bonds. The largest absolute Gasteiger partial charge is 0.444 e. The van der Waals surface area contributed by atoms with Gasteiger partial charge in [-0.3, -0.25) is 0 Å². The predicted octanol–water partition coefficient (Wildman–Crippen LogP) is 2.57. The van der Waals surface area contributed by atoms with Crippen LogP contribution in [0.15, 0.2) is 12.5 Å². The molecule has 1 aliphatic heterocycles. The van der Waals surface area contributed by atoms with Crippen LogP contribution in [0.1, 0.15) is 33.6 Å². The van der Waals surface area contributed by atoms with E-state index in [9.17, 15) is 4.79 Å². The van der Waals surface area contributed by atoms with Crippen LogP contribution in [0.3, 0.4) is 0 Å². The van der Waals surface area contributed by atoms with Gasteiger partial charge in [-0.05, 0) is 56.2 Å². The summed E-state index contributed by atoms with van der Waals surface area (Å²) in [5, 5.41) is 2.95. The highest BCUT2D eigenvalue weighted by atomic mass is 127. The number of carbonyl (C=O) groups excluding carboxylic acids is 1. The maximum absolute atomic E-state index is 11.9. The van der Waals surface area contributed by atoms with Gasteiger partial charge in [-0.15, -0.1) is 0 Å². The highest BCUT2D eigenvalue weighted by molar-refractivity contribution is 14.1. The maximum atomic E-state index is 11.9. The summed E-state index contributed by atoms with van der Waals surface area (Å²) in [5.74, 6) is 0.932. The van der Waals surface area contributed by atoms with Gasteiger partial charge in [0, 0.05) is 25.3 Å². The number of aromatic nitrogens is 2. The van der Waals surface area contributed by atoms with Gasteiger partial charge in [0.15, 0.2) is 0 Å². The van der Waals surface area contributed by atoms with Crippen LogP contribution in [0, 0.1) is 3.57 Å². The average Bonchev–Trinajstić information content (AvgIpc) is 2.37. The van der Waals surface area contributed by atoms with Crippen molar-refractivity contribution in [3.63, 3.8) is 0 Å². The normalized spacial score (nSPS) is 19.2. The molecule has 0 spiro atoms. The fourth-order valence-electron chi connectivity index (χ4n) is 2.30. The van der Waals surface area contributed by atoms with Crippen molar-refractivity contribution < 1.29 is 9.53 Å². The SMILES string of the molecule is CC(C)(C)OC(=O)NC1CCCN(c2ncncc2I)C1. The van der Waals surface area contributed by atoms with E-state index in [4.69, 9.17) is 4.74 Å². The summed E-state index contributed by atoms with van der Waals surface area (Å²) in [4.78, 5) is 22.4. The van der Waals surface area contributed by atoms with Crippen LogP contribution in [0.25, 0.3) is 0 Å². The first-order chi connectivity index (χ1) is 9.85. The molecular weight excluding hydrogens is 383 g/mol. The van der Waals surface area contributed by atoms with Crippen molar-refractivity contribution in [2.45, 2.75) is 45.3 Å². The molecule has 0 bridgehead atoms. The molecule has 7 heteroatoms. The molecule has 0 aromatic carbocycles. The second kappa shape index (κ2) is 6.76. The number of anilines is 1. The van der Waals surface area contributed by atoms with E-state index < -0.39 is 5.60 Å². The van der Waals surface area contributed by atoms with E-state index >= 15 is 0 Å². The van der Waals surface area contributed by atoms with E-state index in [0.717, 1.165) is 35.3 Å². The Morgan fingerprint density at radius 2 is 2.29 bits per heavy atom. The van der Waals surface area contributed by atoms with Gasteiger partial charge in [0.25, 0.3) is 0 Å². The molecule has 0 saturated carbocycles. The number of alkyl carbamates (subject to hydrolysis) is 1. The second-order valence-corrected chi connectivity index (χ2v) is 7.29. The smallest absolute Gasteiger partial charge is 0.407 e. The Labute approximate surface area is 138 Å². The number of halogens is 1. The fraction of sp³-hybridized carbons (Fsp3) is 0.643. The summed E-state index contributed by atoms with van der Waals surface area (Å²) in [5.41, 5.74) is -0.472. The third-order valence-electron chi connectivity index (χ3n) is 3.09. The van der Waals surface area contributed by atoms with Crippen LogP contribution in [-0.4, -0.2) is 40.8 Å². The zero-order valence-electron chi connectivity index (χ0n) is 12.6. The Balaban J connectivity index is 1.95. The number of hydrogen-bond acceptors (Lipinski definition) is 5. The standard InChI is InChI=1S/C14H21IN4O2/c1-14(2,3)21-13(20)18-10-5-4-6-19(8-10)12-11(15)7-16-9-17-12/h7,9-10H,4-6,8H2,1-3H3,(H,18,20). The van der Waals surface area contributed by atoms with E-state index in [-0.39, 0.29) is 12.1 Å². The van der Waals surface area contributed by atoms with Crippen molar-refractivity contribution in [1.82, 2.24) is 15.3 Å². The molecule has 1 unspecified atom stereocenters. The summed E-state index contributed by atoms with van der Waals surface area (Å²) in [6, 6.07) is 0.0827. The molecule has 2 heterocycles. The van der Waals surface area contributed by atoms with Crippen molar-refractivity contribution in [3.8, 4) is 0 Å².